The summed E-state index contributed by atoms with van der Waals surface area (Å²) < 4.78 is 4.64. The van der Waals surface area contributed by atoms with E-state index in [2.05, 4.69) is 121 Å². The minimum Gasteiger partial charge on any atom is -0.504 e. The van der Waals surface area contributed by atoms with E-state index < -0.39 is 0 Å². The van der Waals surface area contributed by atoms with Crippen LogP contribution in [0.1, 0.15) is 53.5 Å². The first-order valence-electron chi connectivity index (χ1n) is 28.4. The summed E-state index contributed by atoms with van der Waals surface area (Å²) in [6, 6.07) is 23.6. The number of nitrogens with zero attached hydrogens (tertiary/aromatic N) is 11. The van der Waals surface area contributed by atoms with Crippen molar-refractivity contribution in [3.05, 3.63) is 170 Å². The third kappa shape index (κ3) is 29.1. The number of rotatable bonds is 17. The largest absolute Gasteiger partial charge is 0.504 e. The van der Waals surface area contributed by atoms with Gasteiger partial charge in [-0.2, -0.15) is 0 Å². The van der Waals surface area contributed by atoms with Crippen LogP contribution in [-0.2, 0) is 74.9 Å². The molecule has 0 unspecified atom stereocenters. The number of aromatic nitrogens is 8. The Kier molecular flexibility index (Phi) is 39.1. The second kappa shape index (κ2) is 44.4. The number of piperazine rings is 2. The Morgan fingerprint density at radius 1 is 0.660 bits per heavy atom. The van der Waals surface area contributed by atoms with Crippen LogP contribution in [0, 0.1) is 53.9 Å². The SMILES string of the molecule is COC=CC(=O)Nc1ccccc1C.Cc1n[c-]cc(NC(N)=S)n1.Cc1n[c-]cc(Nc2ncc(C(=O)Nc3c(C)cccc3Cl)s2)n1.Cc1nc(Nc2ncc(C(=O)Nc3c(C)cccc3Cl)s2)cc(N2CCN(CCO)CC2)n1.I.OCCN1CCNCC1.[Y].[Y]. The summed E-state index contributed by atoms with van der Waals surface area (Å²) in [6.07, 6.45) is 11.1. The summed E-state index contributed by atoms with van der Waals surface area (Å²) in [7, 11) is 1.50. The molecule has 3 aromatic carbocycles. The summed E-state index contributed by atoms with van der Waals surface area (Å²) in [4.78, 5) is 77.4. The van der Waals surface area contributed by atoms with E-state index >= 15 is 0 Å². The molecule has 11 N–H and O–H groups in total. The van der Waals surface area contributed by atoms with E-state index in [1.54, 1.807) is 38.1 Å². The number of ether oxygens (including phenoxy) is 1. The Hall–Kier alpha value is -5.48. The van der Waals surface area contributed by atoms with Gasteiger partial charge in [0, 0.05) is 172 Å². The number of hydrogen-bond acceptors (Lipinski definition) is 23. The van der Waals surface area contributed by atoms with E-state index in [9.17, 15) is 14.4 Å². The second-order valence-electron chi connectivity index (χ2n) is 19.8. The molecular weight excluding hydrogens is 1570 g/mol. The van der Waals surface area contributed by atoms with Crippen LogP contribution in [-0.4, -0.2) is 168 Å². The summed E-state index contributed by atoms with van der Waals surface area (Å²) in [5, 5.41) is 40.6. The summed E-state index contributed by atoms with van der Waals surface area (Å²) in [5.74, 6) is 3.78. The van der Waals surface area contributed by atoms with Gasteiger partial charge in [-0.15, -0.1) is 36.1 Å². The molecule has 0 bridgehead atoms. The number of aryl methyl sites for hydroxylation is 6. The zero-order valence-corrected chi connectivity index (χ0v) is 64.8. The Morgan fingerprint density at radius 2 is 1.15 bits per heavy atom. The van der Waals surface area contributed by atoms with Crippen molar-refractivity contribution in [1.29, 1.82) is 0 Å². The molecule has 3 amide bonds. The molecule has 0 aliphatic carbocycles. The van der Waals surface area contributed by atoms with Gasteiger partial charge in [0.1, 0.15) is 27.2 Å². The molecule has 94 heavy (non-hydrogen) atoms. The van der Waals surface area contributed by atoms with Crippen LogP contribution in [0.15, 0.2) is 104 Å². The van der Waals surface area contributed by atoms with Crippen LogP contribution in [0.2, 0.25) is 10.0 Å². The van der Waals surface area contributed by atoms with Gasteiger partial charge in [-0.05, 0) is 74.8 Å². The monoisotopic (exact) mass is 1640 g/mol. The number of hydrogen-bond donors (Lipinski definition) is 10. The minimum atomic E-state index is -0.267. The molecule has 10 rings (SSSR count). The Labute approximate surface area is 638 Å². The fourth-order valence-electron chi connectivity index (χ4n) is 8.33. The van der Waals surface area contributed by atoms with Crippen molar-refractivity contribution in [2.75, 3.05) is 123 Å². The standard InChI is InChI=1S/C22H26ClN7O2S.C16H13ClN5OS.C11H13NO2.C6H7N4S.C6H14N2O.HI.2Y/c1-14-4-3-5-16(23)20(14)28-21(32)17-13-24-22(33-17)27-18-12-19(26-15(2)25-18)30-8-6-29(7-9-30)10-11-31;1-9-4-3-5-11(17)14(9)22-15(23)12-8-19-16(24-12)21-13-6-7-18-10(2)20-13;1-9-5-3-4-6-10(9)12-11(13)7-8-14-2;1-4-8-3-2-5(9-4)10-6(7)11;9-6-5-8-3-1-7-2-4-8;;;/h3-5,12-13,31H,6-11H2,1-2H3,(H,28,32)(H,24,25,26,27);3-6,8H,1-2H3,(H,22,23)(H,18,19,20,21);3-8H,1-2H3,(H,12,13);2H,1H3,(H3,7,8,9,10,11);7,9H,1-6H2;1H;;/q;-1;;-1;;;;. The number of aliphatic hydroxyl groups excluding tert-OH is 2. The van der Waals surface area contributed by atoms with Crippen molar-refractivity contribution >= 4 is 156 Å². The number of para-hydroxylation sites is 3. The Morgan fingerprint density at radius 3 is 1.65 bits per heavy atom. The van der Waals surface area contributed by atoms with Crippen molar-refractivity contribution in [2.45, 2.75) is 41.5 Å². The van der Waals surface area contributed by atoms with Crippen molar-refractivity contribution in [2.24, 2.45) is 5.73 Å². The molecule has 2 aliphatic rings. The molecule has 2 radical (unpaired) electrons. The zero-order valence-electron chi connectivity index (χ0n) is 52.9. The van der Waals surface area contributed by atoms with Gasteiger partial charge >= 0.3 is 0 Å². The number of benzene rings is 3. The molecule has 2 aliphatic heterocycles. The summed E-state index contributed by atoms with van der Waals surface area (Å²) in [6.45, 7) is 20.8. The topological polar surface area (TPSA) is 324 Å². The van der Waals surface area contributed by atoms with Gasteiger partial charge in [0.15, 0.2) is 15.4 Å². The molecule has 0 spiro atoms. The predicted molar refractivity (Wildman–Crippen MR) is 381 cm³/mol. The fraction of sp³-hybridized carbons (Fsp3) is 0.311. The molecule has 0 atom stereocenters. The first kappa shape index (κ1) is 82.7. The second-order valence-corrected chi connectivity index (χ2v) is 23.1. The van der Waals surface area contributed by atoms with Gasteiger partial charge in [-0.25, -0.2) is 19.9 Å². The third-order valence-corrected chi connectivity index (χ3v) is 15.4. The van der Waals surface area contributed by atoms with Crippen molar-refractivity contribution in [3.8, 4) is 0 Å². The first-order chi connectivity index (χ1) is 43.8. The van der Waals surface area contributed by atoms with E-state index in [4.69, 9.17) is 39.1 Å². The molecule has 25 nitrogen and oxygen atoms in total. The number of anilines is 9. The fourth-order valence-corrected chi connectivity index (χ4v) is 10.4. The molecule has 33 heteroatoms. The van der Waals surface area contributed by atoms with Gasteiger partial charge in [0.25, 0.3) is 17.7 Å². The molecule has 0 saturated carbocycles. The Balaban J connectivity index is 0.000000330. The summed E-state index contributed by atoms with van der Waals surface area (Å²) in [5.41, 5.74) is 10.1. The number of β-amino-alcohol motifs (C(OH)–C–C–N with tert-alkyl or cyclic N) is 2. The van der Waals surface area contributed by atoms with E-state index in [0.717, 1.165) is 87.1 Å². The van der Waals surface area contributed by atoms with E-state index in [1.807, 2.05) is 82.3 Å². The van der Waals surface area contributed by atoms with Crippen molar-refractivity contribution in [1.82, 2.24) is 55.0 Å². The van der Waals surface area contributed by atoms with Crippen molar-refractivity contribution in [3.63, 3.8) is 0 Å². The quantitative estimate of drug-likeness (QED) is 0.0133. The smallest absolute Gasteiger partial charge is 0.267 e. The van der Waals surface area contributed by atoms with Crippen molar-refractivity contribution < 1.29 is 94.8 Å². The molecule has 5 aromatic heterocycles. The molecule has 8 aromatic rings. The number of thiocarbonyl (C=S) groups is 1. The van der Waals surface area contributed by atoms with Gasteiger partial charge in [-0.3, -0.25) is 24.2 Å². The van der Waals surface area contributed by atoms with Crippen LogP contribution in [0.5, 0.6) is 0 Å². The molecule has 7 heterocycles. The average Bonchev–Trinajstić information content (AvgIpc) is 1.48. The third-order valence-electron chi connectivity index (χ3n) is 12.8. The number of nitrogens with one attached hydrogen (secondary N) is 7. The maximum Gasteiger partial charge on any atom is 0.267 e. The number of methoxy groups -OCH3 is 1. The van der Waals surface area contributed by atoms with Crippen LogP contribution in [0.25, 0.3) is 0 Å². The maximum atomic E-state index is 12.7. The maximum absolute atomic E-state index is 12.7. The average molecular weight is 1640 g/mol. The minimum absolute atomic E-state index is 0. The number of carbonyl (C=O) groups is 3. The van der Waals surface area contributed by atoms with Crippen LogP contribution in [0.3, 0.4) is 0 Å². The molecule has 496 valence electrons. The van der Waals surface area contributed by atoms with Gasteiger partial charge in [-0.1, -0.05) is 115 Å². The van der Waals surface area contributed by atoms with E-state index in [1.165, 1.54) is 54.5 Å². The van der Waals surface area contributed by atoms with Gasteiger partial charge in [0.2, 0.25) is 0 Å². The van der Waals surface area contributed by atoms with E-state index in [0.29, 0.717) is 89.5 Å². The van der Waals surface area contributed by atoms with Crippen LogP contribution in [0.4, 0.5) is 50.6 Å². The molecule has 2 fully saturated rings. The van der Waals surface area contributed by atoms with Gasteiger partial charge < -0.3 is 82.7 Å². The molecule has 2 saturated heterocycles. The number of nitrogens with two attached hydrogens (primary N) is 1. The zero-order chi connectivity index (χ0) is 65.7. The Bertz CT molecular complexity index is 3660. The molecular formula is C61H74Cl2IN19O6S3Y2-2. The number of halogens is 3. The first-order valence-corrected chi connectivity index (χ1v) is 31.2. The normalized spacial score (nSPS) is 12.4. The predicted octanol–water partition coefficient (Wildman–Crippen LogP) is 9.14. The van der Waals surface area contributed by atoms with Crippen LogP contribution < -0.4 is 47.9 Å². The van der Waals surface area contributed by atoms with Gasteiger partial charge in [0.05, 0.1) is 60.4 Å². The number of carbonyl (C=O) groups excluding carboxylic acids is 3. The summed E-state index contributed by atoms with van der Waals surface area (Å²) >= 11 is 19.4. The van der Waals surface area contributed by atoms with E-state index in [-0.39, 0.29) is 119 Å². The number of amides is 3. The number of thiazole rings is 2. The van der Waals surface area contributed by atoms with Crippen LogP contribution >= 0.6 is 82.1 Å². The number of aliphatic hydroxyl groups is 2.